The fourth-order valence-corrected chi connectivity index (χ4v) is 2.30. The Morgan fingerprint density at radius 3 is 2.83 bits per heavy atom. The average Bonchev–Trinajstić information content (AvgIpc) is 2.81. The molecule has 1 aliphatic heterocycles. The van der Waals surface area contributed by atoms with E-state index in [0.717, 1.165) is 25.0 Å². The van der Waals surface area contributed by atoms with Gasteiger partial charge in [0.05, 0.1) is 0 Å². The zero-order valence-corrected chi connectivity index (χ0v) is 10.0. The monoisotopic (exact) mass is 254 g/mol. The summed E-state index contributed by atoms with van der Waals surface area (Å²) in [6.07, 6.45) is 1.81. The molecule has 0 radical (unpaired) electrons. The van der Waals surface area contributed by atoms with Crippen LogP contribution in [-0.2, 0) is 0 Å². The molecule has 1 saturated heterocycles. The first-order valence-electron chi connectivity index (χ1n) is 6.06. The molecule has 0 aliphatic carbocycles. The van der Waals surface area contributed by atoms with Crippen molar-refractivity contribution in [3.8, 4) is 0 Å². The Bertz CT molecular complexity index is 451. The maximum Gasteiger partial charge on any atom is 0.253 e. The number of nitrogens with zero attached hydrogens (tertiary/aromatic N) is 1. The molecule has 5 heteroatoms. The van der Waals surface area contributed by atoms with Crippen LogP contribution in [-0.4, -0.2) is 30.4 Å². The highest BCUT2D eigenvalue weighted by Gasteiger charge is 2.26. The van der Waals surface area contributed by atoms with Crippen LogP contribution in [0.25, 0.3) is 0 Å². The Hall–Kier alpha value is -1.49. The smallest absolute Gasteiger partial charge is 0.253 e. The molecule has 18 heavy (non-hydrogen) atoms. The number of halogens is 2. The highest BCUT2D eigenvalue weighted by Crippen LogP contribution is 2.21. The summed E-state index contributed by atoms with van der Waals surface area (Å²) in [7, 11) is 0. The summed E-state index contributed by atoms with van der Waals surface area (Å²) < 4.78 is 25.8. The van der Waals surface area contributed by atoms with Gasteiger partial charge in [0.15, 0.2) is 11.6 Å². The van der Waals surface area contributed by atoms with Crippen LogP contribution in [0.3, 0.4) is 0 Å². The second-order valence-corrected chi connectivity index (χ2v) is 4.61. The number of amides is 1. The molecule has 1 atom stereocenters. The van der Waals surface area contributed by atoms with Crippen LogP contribution in [0.2, 0.25) is 0 Å². The number of carbonyl (C=O) groups is 1. The van der Waals surface area contributed by atoms with Crippen molar-refractivity contribution in [3.63, 3.8) is 0 Å². The molecule has 0 saturated carbocycles. The van der Waals surface area contributed by atoms with Crippen molar-refractivity contribution in [3.05, 3.63) is 35.4 Å². The number of hydrogen-bond acceptors (Lipinski definition) is 2. The van der Waals surface area contributed by atoms with Crippen LogP contribution in [0.1, 0.15) is 23.2 Å². The van der Waals surface area contributed by atoms with Crippen LogP contribution in [0, 0.1) is 17.6 Å². The van der Waals surface area contributed by atoms with Gasteiger partial charge in [0.2, 0.25) is 0 Å². The van der Waals surface area contributed by atoms with E-state index in [1.54, 1.807) is 4.90 Å². The van der Waals surface area contributed by atoms with Gasteiger partial charge in [0, 0.05) is 18.7 Å². The fourth-order valence-electron chi connectivity index (χ4n) is 2.30. The van der Waals surface area contributed by atoms with Crippen molar-refractivity contribution in [1.82, 2.24) is 4.90 Å². The van der Waals surface area contributed by atoms with Crippen LogP contribution >= 0.6 is 0 Å². The molecule has 1 unspecified atom stereocenters. The lowest BCUT2D eigenvalue weighted by molar-refractivity contribution is 0.0786. The molecule has 98 valence electrons. The van der Waals surface area contributed by atoms with Crippen LogP contribution in [0.4, 0.5) is 8.78 Å². The van der Waals surface area contributed by atoms with Crippen molar-refractivity contribution in [2.45, 2.75) is 12.8 Å². The lowest BCUT2D eigenvalue weighted by Crippen LogP contribution is -2.29. The van der Waals surface area contributed by atoms with E-state index in [0.29, 0.717) is 25.6 Å². The second-order valence-electron chi connectivity index (χ2n) is 4.61. The van der Waals surface area contributed by atoms with Crippen LogP contribution in [0.15, 0.2) is 18.2 Å². The maximum absolute atomic E-state index is 13.1. The molecule has 2 rings (SSSR count). The van der Waals surface area contributed by atoms with Gasteiger partial charge in [0.25, 0.3) is 5.91 Å². The van der Waals surface area contributed by atoms with E-state index in [4.69, 9.17) is 5.73 Å². The number of carbonyl (C=O) groups excluding carboxylic acids is 1. The van der Waals surface area contributed by atoms with E-state index in [2.05, 4.69) is 0 Å². The maximum atomic E-state index is 13.1. The summed E-state index contributed by atoms with van der Waals surface area (Å²) in [5.74, 6) is -1.75. The van der Waals surface area contributed by atoms with Crippen molar-refractivity contribution in [2.75, 3.05) is 19.6 Å². The third-order valence-corrected chi connectivity index (χ3v) is 3.31. The molecule has 0 aromatic heterocycles. The predicted octanol–water partition coefficient (Wildman–Crippen LogP) is 1.78. The van der Waals surface area contributed by atoms with Gasteiger partial charge in [0.1, 0.15) is 0 Å². The first kappa shape index (κ1) is 13.0. The molecule has 1 amide bonds. The Balaban J connectivity index is 2.05. The minimum absolute atomic E-state index is 0.197. The third kappa shape index (κ3) is 2.67. The first-order chi connectivity index (χ1) is 8.61. The number of hydrogen-bond donors (Lipinski definition) is 1. The number of nitrogens with two attached hydrogens (primary N) is 1. The van der Waals surface area contributed by atoms with Gasteiger partial charge < -0.3 is 10.6 Å². The Kier molecular flexibility index (Phi) is 3.91. The molecule has 1 aromatic rings. The first-order valence-corrected chi connectivity index (χ1v) is 6.06. The summed E-state index contributed by atoms with van der Waals surface area (Å²) in [5, 5.41) is 0. The highest BCUT2D eigenvalue weighted by atomic mass is 19.2. The minimum atomic E-state index is -0.987. The number of rotatable bonds is 3. The summed E-state index contributed by atoms with van der Waals surface area (Å²) in [6.45, 7) is 1.91. The van der Waals surface area contributed by atoms with Gasteiger partial charge in [-0.25, -0.2) is 8.78 Å². The number of benzene rings is 1. The number of likely N-dealkylation sites (tertiary alicyclic amines) is 1. The van der Waals surface area contributed by atoms with Gasteiger partial charge in [-0.2, -0.15) is 0 Å². The molecule has 0 spiro atoms. The quantitative estimate of drug-likeness (QED) is 0.893. The predicted molar refractivity (Wildman–Crippen MR) is 64.0 cm³/mol. The lowest BCUT2D eigenvalue weighted by Gasteiger charge is -2.16. The molecule has 1 aliphatic rings. The van der Waals surface area contributed by atoms with Gasteiger partial charge in [-0.1, -0.05) is 0 Å². The SMILES string of the molecule is NCCC1CCN(C(=O)c2ccc(F)c(F)c2)C1. The Labute approximate surface area is 105 Å². The van der Waals surface area contributed by atoms with E-state index in [-0.39, 0.29) is 11.5 Å². The standard InChI is InChI=1S/C13H16F2N2O/c14-11-2-1-10(7-12(11)15)13(18)17-6-4-9(8-17)3-5-16/h1-2,7,9H,3-6,8,16H2. The van der Waals surface area contributed by atoms with Gasteiger partial charge in [-0.05, 0) is 43.5 Å². The average molecular weight is 254 g/mol. The van der Waals surface area contributed by atoms with Gasteiger partial charge in [-0.3, -0.25) is 4.79 Å². The molecule has 3 nitrogen and oxygen atoms in total. The van der Waals surface area contributed by atoms with Crippen LogP contribution < -0.4 is 5.73 Å². The fraction of sp³-hybridized carbons (Fsp3) is 0.462. The normalized spacial score (nSPS) is 19.3. The zero-order valence-electron chi connectivity index (χ0n) is 10.0. The van der Waals surface area contributed by atoms with Gasteiger partial charge in [-0.15, -0.1) is 0 Å². The third-order valence-electron chi connectivity index (χ3n) is 3.31. The van der Waals surface area contributed by atoms with Crippen molar-refractivity contribution >= 4 is 5.91 Å². The molecule has 0 bridgehead atoms. The second kappa shape index (κ2) is 5.44. The molecule has 1 aromatic carbocycles. The Morgan fingerprint density at radius 1 is 1.39 bits per heavy atom. The molecular formula is C13H16F2N2O. The zero-order chi connectivity index (χ0) is 13.1. The van der Waals surface area contributed by atoms with Gasteiger partial charge >= 0.3 is 0 Å². The van der Waals surface area contributed by atoms with E-state index < -0.39 is 11.6 Å². The van der Waals surface area contributed by atoms with E-state index >= 15 is 0 Å². The summed E-state index contributed by atoms with van der Waals surface area (Å²) in [4.78, 5) is 13.7. The van der Waals surface area contributed by atoms with Crippen molar-refractivity contribution in [1.29, 1.82) is 0 Å². The molecule has 2 N–H and O–H groups in total. The topological polar surface area (TPSA) is 46.3 Å². The molecule has 1 fully saturated rings. The van der Waals surface area contributed by atoms with Crippen molar-refractivity contribution in [2.24, 2.45) is 11.7 Å². The largest absolute Gasteiger partial charge is 0.338 e. The molecule has 1 heterocycles. The Morgan fingerprint density at radius 2 is 2.17 bits per heavy atom. The summed E-state index contributed by atoms with van der Waals surface area (Å²) in [6, 6.07) is 3.25. The van der Waals surface area contributed by atoms with Crippen molar-refractivity contribution < 1.29 is 13.6 Å². The summed E-state index contributed by atoms with van der Waals surface area (Å²) in [5.41, 5.74) is 5.68. The highest BCUT2D eigenvalue weighted by molar-refractivity contribution is 5.94. The lowest BCUT2D eigenvalue weighted by atomic mass is 10.1. The van der Waals surface area contributed by atoms with Crippen LogP contribution in [0.5, 0.6) is 0 Å². The van der Waals surface area contributed by atoms with E-state index in [1.807, 2.05) is 0 Å². The molecular weight excluding hydrogens is 238 g/mol. The van der Waals surface area contributed by atoms with E-state index in [1.165, 1.54) is 6.07 Å². The van der Waals surface area contributed by atoms with E-state index in [9.17, 15) is 13.6 Å². The minimum Gasteiger partial charge on any atom is -0.338 e. The summed E-state index contributed by atoms with van der Waals surface area (Å²) >= 11 is 0.